The molecule has 0 aliphatic carbocycles. The Balaban J connectivity index is 1.94. The maximum atomic E-state index is 13.3. The van der Waals surface area contributed by atoms with Gasteiger partial charge in [-0.05, 0) is 60.7 Å². The fraction of sp³-hybridized carbons (Fsp3) is 0.0909. The van der Waals surface area contributed by atoms with Gasteiger partial charge in [0.25, 0.3) is 5.56 Å². The van der Waals surface area contributed by atoms with Crippen molar-refractivity contribution in [1.82, 2.24) is 9.55 Å². The van der Waals surface area contributed by atoms with Crippen molar-refractivity contribution in [3.8, 4) is 34.3 Å². The number of phenols is 2. The summed E-state index contributed by atoms with van der Waals surface area (Å²) in [5.74, 6) is 1.56. The summed E-state index contributed by atoms with van der Waals surface area (Å²) >= 11 is 5.65. The molecular formula is C22H17ClN2O4. The molecule has 4 rings (SSSR count). The Morgan fingerprint density at radius 1 is 0.931 bits per heavy atom. The number of hydrogen-bond acceptors (Lipinski definition) is 5. The number of fused-ring (bicyclic) bond motifs is 1. The van der Waals surface area contributed by atoms with Crippen molar-refractivity contribution in [3.63, 3.8) is 0 Å². The number of halogens is 1. The predicted octanol–water partition coefficient (Wildman–Crippen LogP) is 4.08. The van der Waals surface area contributed by atoms with Crippen LogP contribution in [0.1, 0.15) is 0 Å². The number of hydrogen-bond donors (Lipinski definition) is 2. The normalized spacial score (nSPS) is 10.9. The summed E-state index contributed by atoms with van der Waals surface area (Å²) in [6.45, 7) is 0.390. The van der Waals surface area contributed by atoms with Crippen LogP contribution in [-0.4, -0.2) is 32.3 Å². The van der Waals surface area contributed by atoms with Crippen molar-refractivity contribution < 1.29 is 14.9 Å². The van der Waals surface area contributed by atoms with Gasteiger partial charge in [-0.25, -0.2) is 4.98 Å². The van der Waals surface area contributed by atoms with Crippen LogP contribution in [-0.2, 0) is 0 Å². The number of aromatic hydroxyl groups is 2. The van der Waals surface area contributed by atoms with E-state index in [0.717, 1.165) is 0 Å². The third-order valence-corrected chi connectivity index (χ3v) is 4.57. The molecule has 0 bridgehead atoms. The molecule has 0 saturated carbocycles. The summed E-state index contributed by atoms with van der Waals surface area (Å²) in [5.41, 5.74) is 1.37. The third kappa shape index (κ3) is 3.75. The lowest BCUT2D eigenvalue weighted by molar-refractivity contribution is 0.343. The smallest absolute Gasteiger partial charge is 0.266 e. The highest BCUT2D eigenvalue weighted by molar-refractivity contribution is 6.18. The first-order chi connectivity index (χ1) is 14.1. The van der Waals surface area contributed by atoms with Gasteiger partial charge in [-0.3, -0.25) is 9.36 Å². The summed E-state index contributed by atoms with van der Waals surface area (Å²) in [6, 6.07) is 17.9. The van der Waals surface area contributed by atoms with E-state index in [1.54, 1.807) is 42.5 Å². The van der Waals surface area contributed by atoms with Crippen LogP contribution in [0.2, 0.25) is 0 Å². The lowest BCUT2D eigenvalue weighted by Gasteiger charge is -2.15. The molecule has 7 heteroatoms. The van der Waals surface area contributed by atoms with Gasteiger partial charge in [-0.1, -0.05) is 0 Å². The van der Waals surface area contributed by atoms with Crippen molar-refractivity contribution in [2.75, 3.05) is 12.5 Å². The Bertz CT molecular complexity index is 1220. The van der Waals surface area contributed by atoms with Gasteiger partial charge < -0.3 is 14.9 Å². The van der Waals surface area contributed by atoms with Crippen LogP contribution in [0.25, 0.3) is 28.0 Å². The second-order valence-corrected chi connectivity index (χ2v) is 6.73. The summed E-state index contributed by atoms with van der Waals surface area (Å²) in [4.78, 5) is 17.9. The Morgan fingerprint density at radius 2 is 1.62 bits per heavy atom. The van der Waals surface area contributed by atoms with E-state index in [4.69, 9.17) is 16.3 Å². The zero-order valence-corrected chi connectivity index (χ0v) is 16.0. The van der Waals surface area contributed by atoms with E-state index in [1.807, 2.05) is 0 Å². The molecule has 0 atom stereocenters. The minimum Gasteiger partial charge on any atom is -0.508 e. The van der Waals surface area contributed by atoms with Crippen LogP contribution in [0.3, 0.4) is 0 Å². The van der Waals surface area contributed by atoms with E-state index >= 15 is 0 Å². The third-order valence-electron chi connectivity index (χ3n) is 4.42. The van der Waals surface area contributed by atoms with Gasteiger partial charge in [0.05, 0.1) is 22.5 Å². The van der Waals surface area contributed by atoms with Gasteiger partial charge in [-0.2, -0.15) is 0 Å². The number of nitrogens with zero attached hydrogens (tertiary/aromatic N) is 2. The van der Waals surface area contributed by atoms with Crippen LogP contribution < -0.4 is 10.3 Å². The van der Waals surface area contributed by atoms with Gasteiger partial charge in [-0.15, -0.1) is 11.6 Å². The van der Waals surface area contributed by atoms with E-state index in [9.17, 15) is 15.0 Å². The lowest BCUT2D eigenvalue weighted by atomic mass is 10.1. The monoisotopic (exact) mass is 408 g/mol. The number of phenolic OH excluding ortho intramolecular Hbond substituents is 2. The molecule has 0 radical (unpaired) electrons. The highest BCUT2D eigenvalue weighted by Gasteiger charge is 2.15. The summed E-state index contributed by atoms with van der Waals surface area (Å²) in [7, 11) is 0. The van der Waals surface area contributed by atoms with Crippen molar-refractivity contribution >= 4 is 22.5 Å². The molecule has 3 aromatic carbocycles. The van der Waals surface area contributed by atoms with E-state index in [0.29, 0.717) is 46.2 Å². The van der Waals surface area contributed by atoms with Crippen LogP contribution in [0.4, 0.5) is 0 Å². The molecule has 0 amide bonds. The average Bonchev–Trinajstić information content (AvgIpc) is 2.73. The summed E-state index contributed by atoms with van der Waals surface area (Å²) in [6.07, 6.45) is 0. The van der Waals surface area contributed by atoms with Crippen molar-refractivity contribution in [2.24, 2.45) is 0 Å². The van der Waals surface area contributed by atoms with Crippen LogP contribution in [0.15, 0.2) is 71.5 Å². The molecule has 6 nitrogen and oxygen atoms in total. The first-order valence-electron chi connectivity index (χ1n) is 8.91. The molecule has 1 aromatic heterocycles. The molecule has 2 N–H and O–H groups in total. The first kappa shape index (κ1) is 18.8. The number of alkyl halides is 1. The number of aromatic nitrogens is 2. The maximum absolute atomic E-state index is 13.3. The number of ether oxygens (including phenoxy) is 1. The molecular weight excluding hydrogens is 392 g/mol. The van der Waals surface area contributed by atoms with Crippen molar-refractivity contribution in [3.05, 3.63) is 77.1 Å². The zero-order chi connectivity index (χ0) is 20.4. The van der Waals surface area contributed by atoms with Gasteiger partial charge in [0.2, 0.25) is 0 Å². The maximum Gasteiger partial charge on any atom is 0.266 e. The highest BCUT2D eigenvalue weighted by atomic mass is 35.5. The van der Waals surface area contributed by atoms with Gasteiger partial charge in [0.15, 0.2) is 0 Å². The largest absolute Gasteiger partial charge is 0.508 e. The minimum absolute atomic E-state index is 0.0274. The predicted molar refractivity (Wildman–Crippen MR) is 112 cm³/mol. The number of rotatable bonds is 5. The van der Waals surface area contributed by atoms with Crippen molar-refractivity contribution in [1.29, 1.82) is 0 Å². The van der Waals surface area contributed by atoms with Gasteiger partial charge >= 0.3 is 0 Å². The Morgan fingerprint density at radius 3 is 2.31 bits per heavy atom. The molecule has 0 aliphatic rings. The SMILES string of the molecule is O=c1c2ccc(O)cc2nc(-c2ccc(O)cc2)n1-c1ccc(OCCCl)cc1. The molecule has 0 unspecified atom stereocenters. The second kappa shape index (κ2) is 7.85. The molecule has 0 fully saturated rings. The van der Waals surface area contributed by atoms with E-state index in [-0.39, 0.29) is 17.1 Å². The van der Waals surface area contributed by atoms with Crippen molar-refractivity contribution in [2.45, 2.75) is 0 Å². The minimum atomic E-state index is -0.271. The quantitative estimate of drug-likeness (QED) is 0.486. The Labute approximate surface area is 171 Å². The van der Waals surface area contributed by atoms with Gasteiger partial charge in [0, 0.05) is 11.6 Å². The molecule has 29 heavy (non-hydrogen) atoms. The van der Waals surface area contributed by atoms with Crippen LogP contribution >= 0.6 is 11.6 Å². The second-order valence-electron chi connectivity index (χ2n) is 6.36. The molecule has 4 aromatic rings. The standard InChI is InChI=1S/C22H17ClN2O4/c23-11-12-29-18-8-3-15(4-9-18)25-21(14-1-5-16(26)6-2-14)24-20-13-17(27)7-10-19(20)22(25)28/h1-10,13,26-27H,11-12H2. The van der Waals surface area contributed by atoms with Gasteiger partial charge in [0.1, 0.15) is 29.7 Å². The van der Waals surface area contributed by atoms with E-state index in [1.165, 1.54) is 28.8 Å². The van der Waals surface area contributed by atoms with E-state index in [2.05, 4.69) is 4.98 Å². The molecule has 146 valence electrons. The topological polar surface area (TPSA) is 84.6 Å². The highest BCUT2D eigenvalue weighted by Crippen LogP contribution is 2.26. The Kier molecular flexibility index (Phi) is 5.10. The first-order valence-corrected chi connectivity index (χ1v) is 9.44. The molecule has 0 aliphatic heterocycles. The average molecular weight is 409 g/mol. The zero-order valence-electron chi connectivity index (χ0n) is 15.2. The Hall–Kier alpha value is -3.51. The molecule has 0 spiro atoms. The fourth-order valence-corrected chi connectivity index (χ4v) is 3.14. The molecule has 1 heterocycles. The molecule has 0 saturated heterocycles. The summed E-state index contributed by atoms with van der Waals surface area (Å²) in [5, 5.41) is 19.8. The van der Waals surface area contributed by atoms with Crippen LogP contribution in [0.5, 0.6) is 17.2 Å². The fourth-order valence-electron chi connectivity index (χ4n) is 3.07. The van der Waals surface area contributed by atoms with Crippen LogP contribution in [0, 0.1) is 0 Å². The van der Waals surface area contributed by atoms with E-state index < -0.39 is 0 Å². The lowest BCUT2D eigenvalue weighted by Crippen LogP contribution is -2.22. The number of benzene rings is 3. The summed E-state index contributed by atoms with van der Waals surface area (Å²) < 4.78 is 6.99.